The summed E-state index contributed by atoms with van der Waals surface area (Å²) in [7, 11) is 3.50. The Morgan fingerprint density at radius 1 is 1.15 bits per heavy atom. The lowest BCUT2D eigenvalue weighted by molar-refractivity contribution is 0.103. The molecule has 1 aliphatic heterocycles. The van der Waals surface area contributed by atoms with Gasteiger partial charge in [-0.2, -0.15) is 0 Å². The Kier molecular flexibility index (Phi) is 4.29. The summed E-state index contributed by atoms with van der Waals surface area (Å²) in [6.07, 6.45) is 0. The first-order valence-corrected chi connectivity index (χ1v) is 9.31. The third-order valence-electron chi connectivity index (χ3n) is 4.73. The molecule has 1 fully saturated rings. The van der Waals surface area contributed by atoms with Crippen LogP contribution in [0.1, 0.15) is 9.67 Å². The Hall–Kier alpha value is -2.58. The maximum absolute atomic E-state index is 12.6. The van der Waals surface area contributed by atoms with Crippen molar-refractivity contribution in [2.45, 2.75) is 0 Å². The van der Waals surface area contributed by atoms with Gasteiger partial charge in [0.05, 0.1) is 40.5 Å². The first-order chi connectivity index (χ1) is 12.6. The summed E-state index contributed by atoms with van der Waals surface area (Å²) in [5, 5.41) is 4.90. The van der Waals surface area contributed by atoms with E-state index in [1.807, 2.05) is 23.6 Å². The number of fused-ring (bicyclic) bond motifs is 1. The van der Waals surface area contributed by atoms with Crippen molar-refractivity contribution in [3.05, 3.63) is 45.0 Å². The second-order valence-electron chi connectivity index (χ2n) is 6.29. The maximum atomic E-state index is 12.6. The van der Waals surface area contributed by atoms with Gasteiger partial charge in [0.1, 0.15) is 0 Å². The van der Waals surface area contributed by atoms with Gasteiger partial charge in [0.25, 0.3) is 5.91 Å². The number of ether oxygens (including phenoxy) is 1. The number of nitrogens with one attached hydrogen (secondary N) is 1. The van der Waals surface area contributed by atoms with Gasteiger partial charge in [0.15, 0.2) is 0 Å². The summed E-state index contributed by atoms with van der Waals surface area (Å²) >= 11 is 1.40. The van der Waals surface area contributed by atoms with Crippen LogP contribution in [0, 0.1) is 0 Å². The van der Waals surface area contributed by atoms with Gasteiger partial charge in [-0.15, -0.1) is 11.3 Å². The number of thiophene rings is 1. The molecule has 0 bridgehead atoms. The quantitative estimate of drug-likeness (QED) is 0.764. The number of carbonyl (C=O) groups is 1. The van der Waals surface area contributed by atoms with Crippen LogP contribution in [0.15, 0.2) is 34.4 Å². The summed E-state index contributed by atoms with van der Waals surface area (Å²) in [5.41, 5.74) is 3.16. The lowest BCUT2D eigenvalue weighted by atomic mass is 10.2. The minimum absolute atomic E-state index is 0.0883. The fourth-order valence-electron chi connectivity index (χ4n) is 3.29. The molecule has 1 saturated heterocycles. The molecule has 0 radical (unpaired) electrons. The van der Waals surface area contributed by atoms with Gasteiger partial charge in [-0.25, -0.2) is 4.79 Å². The SMILES string of the molecule is Cn1c(=O)n(C)c2cc(N3CCOCC3)c(NC(=O)c3cccs3)cc21. The molecular weight excluding hydrogens is 352 g/mol. The zero-order valence-corrected chi connectivity index (χ0v) is 15.5. The van der Waals surface area contributed by atoms with Gasteiger partial charge in [-0.05, 0) is 23.6 Å². The second-order valence-corrected chi connectivity index (χ2v) is 7.24. The van der Waals surface area contributed by atoms with E-state index in [1.165, 1.54) is 11.3 Å². The zero-order valence-electron chi connectivity index (χ0n) is 14.7. The number of rotatable bonds is 3. The van der Waals surface area contributed by atoms with E-state index in [2.05, 4.69) is 10.2 Å². The molecular formula is C18H20N4O3S. The van der Waals surface area contributed by atoms with Gasteiger partial charge in [-0.3, -0.25) is 13.9 Å². The Balaban J connectivity index is 1.83. The number of benzene rings is 1. The molecule has 136 valence electrons. The molecule has 3 aromatic rings. The van der Waals surface area contributed by atoms with E-state index in [4.69, 9.17) is 4.74 Å². The van der Waals surface area contributed by atoms with Gasteiger partial charge < -0.3 is 15.0 Å². The molecule has 0 saturated carbocycles. The van der Waals surface area contributed by atoms with Crippen LogP contribution in [-0.4, -0.2) is 41.3 Å². The van der Waals surface area contributed by atoms with Crippen LogP contribution in [0.2, 0.25) is 0 Å². The Bertz CT molecular complexity index is 1010. The third kappa shape index (κ3) is 2.81. The van der Waals surface area contributed by atoms with Gasteiger partial charge in [0, 0.05) is 27.2 Å². The number of amides is 1. The van der Waals surface area contributed by atoms with Crippen molar-refractivity contribution in [3.8, 4) is 0 Å². The van der Waals surface area contributed by atoms with Crippen molar-refractivity contribution < 1.29 is 9.53 Å². The molecule has 4 rings (SSSR count). The molecule has 0 spiro atoms. The molecule has 26 heavy (non-hydrogen) atoms. The molecule has 0 unspecified atom stereocenters. The van der Waals surface area contributed by atoms with E-state index in [1.54, 1.807) is 29.3 Å². The van der Waals surface area contributed by atoms with E-state index in [0.717, 1.165) is 29.8 Å². The topological polar surface area (TPSA) is 68.5 Å². The normalized spacial score (nSPS) is 14.8. The maximum Gasteiger partial charge on any atom is 0.328 e. The van der Waals surface area contributed by atoms with Crippen LogP contribution >= 0.6 is 11.3 Å². The fraction of sp³-hybridized carbons (Fsp3) is 0.333. The molecule has 1 amide bonds. The number of imidazole rings is 1. The smallest absolute Gasteiger partial charge is 0.328 e. The van der Waals surface area contributed by atoms with Crippen molar-refractivity contribution in [1.82, 2.24) is 9.13 Å². The number of hydrogen-bond acceptors (Lipinski definition) is 5. The Morgan fingerprint density at radius 2 is 1.85 bits per heavy atom. The summed E-state index contributed by atoms with van der Waals surface area (Å²) in [6.45, 7) is 2.77. The van der Waals surface area contributed by atoms with Crippen LogP contribution in [0.4, 0.5) is 11.4 Å². The lowest BCUT2D eigenvalue weighted by Gasteiger charge is -2.30. The van der Waals surface area contributed by atoms with Crippen LogP contribution in [-0.2, 0) is 18.8 Å². The molecule has 0 aliphatic carbocycles. The molecule has 0 atom stereocenters. The lowest BCUT2D eigenvalue weighted by Crippen LogP contribution is -2.36. The van der Waals surface area contributed by atoms with Crippen molar-refractivity contribution >= 4 is 39.7 Å². The second kappa shape index (κ2) is 6.62. The number of carbonyl (C=O) groups excluding carboxylic acids is 1. The molecule has 7 nitrogen and oxygen atoms in total. The Morgan fingerprint density at radius 3 is 2.50 bits per heavy atom. The molecule has 1 aliphatic rings. The third-order valence-corrected chi connectivity index (χ3v) is 5.60. The standard InChI is InChI=1S/C18H20N4O3S/c1-20-14-10-12(19-17(23)16-4-3-9-26-16)13(22-5-7-25-8-6-22)11-15(14)21(2)18(20)24/h3-4,9-11H,5-8H2,1-2H3,(H,19,23). The first-order valence-electron chi connectivity index (χ1n) is 8.43. The van der Waals surface area contributed by atoms with Crippen LogP contribution in [0.3, 0.4) is 0 Å². The van der Waals surface area contributed by atoms with Crippen LogP contribution < -0.4 is 15.9 Å². The highest BCUT2D eigenvalue weighted by Crippen LogP contribution is 2.32. The number of hydrogen-bond donors (Lipinski definition) is 1. The number of morpholine rings is 1. The van der Waals surface area contributed by atoms with Gasteiger partial charge >= 0.3 is 5.69 Å². The highest BCUT2D eigenvalue weighted by atomic mass is 32.1. The van der Waals surface area contributed by atoms with Crippen molar-refractivity contribution in [2.75, 3.05) is 36.5 Å². The van der Waals surface area contributed by atoms with E-state index >= 15 is 0 Å². The van der Waals surface area contributed by atoms with Gasteiger partial charge in [-0.1, -0.05) is 6.07 Å². The minimum atomic E-state index is -0.144. The molecule has 3 heterocycles. The van der Waals surface area contributed by atoms with E-state index in [9.17, 15) is 9.59 Å². The number of anilines is 2. The molecule has 2 aromatic heterocycles. The van der Waals surface area contributed by atoms with Crippen molar-refractivity contribution in [3.63, 3.8) is 0 Å². The number of aryl methyl sites for hydroxylation is 2. The first kappa shape index (κ1) is 16.9. The highest BCUT2D eigenvalue weighted by molar-refractivity contribution is 7.12. The van der Waals surface area contributed by atoms with Crippen molar-refractivity contribution in [1.29, 1.82) is 0 Å². The largest absolute Gasteiger partial charge is 0.378 e. The average Bonchev–Trinajstić information content (AvgIpc) is 3.27. The molecule has 8 heteroatoms. The Labute approximate surface area is 154 Å². The fourth-order valence-corrected chi connectivity index (χ4v) is 3.91. The predicted octanol–water partition coefficient (Wildman–Crippen LogP) is 2.03. The summed E-state index contributed by atoms with van der Waals surface area (Å²) < 4.78 is 8.67. The minimum Gasteiger partial charge on any atom is -0.378 e. The van der Waals surface area contributed by atoms with E-state index in [-0.39, 0.29) is 11.6 Å². The summed E-state index contributed by atoms with van der Waals surface area (Å²) in [5.74, 6) is -0.144. The van der Waals surface area contributed by atoms with Gasteiger partial charge in [0.2, 0.25) is 0 Å². The summed E-state index contributed by atoms with van der Waals surface area (Å²) in [6, 6.07) is 7.51. The zero-order chi connectivity index (χ0) is 18.3. The predicted molar refractivity (Wildman–Crippen MR) is 103 cm³/mol. The van der Waals surface area contributed by atoms with E-state index < -0.39 is 0 Å². The molecule has 1 aromatic carbocycles. The van der Waals surface area contributed by atoms with Crippen molar-refractivity contribution in [2.24, 2.45) is 14.1 Å². The monoisotopic (exact) mass is 372 g/mol. The number of nitrogens with zero attached hydrogens (tertiary/aromatic N) is 3. The van der Waals surface area contributed by atoms with Crippen LogP contribution in [0.25, 0.3) is 11.0 Å². The average molecular weight is 372 g/mol. The molecule has 1 N–H and O–H groups in total. The number of aromatic nitrogens is 2. The highest BCUT2D eigenvalue weighted by Gasteiger charge is 2.20. The van der Waals surface area contributed by atoms with E-state index in [0.29, 0.717) is 23.8 Å². The van der Waals surface area contributed by atoms with Crippen LogP contribution in [0.5, 0.6) is 0 Å². The summed E-state index contributed by atoms with van der Waals surface area (Å²) in [4.78, 5) is 27.7.